The third-order valence-electron chi connectivity index (χ3n) is 1.59. The fraction of sp³-hybridized carbons (Fsp3) is 0.875. The highest BCUT2D eigenvalue weighted by Crippen LogP contribution is 1.93. The van der Waals surface area contributed by atoms with Crippen LogP contribution >= 0.6 is 12.2 Å². The number of sulfonamides is 1. The fourth-order valence-corrected chi connectivity index (χ4v) is 2.01. The molecule has 0 heterocycles. The fourth-order valence-electron chi connectivity index (χ4n) is 0.780. The van der Waals surface area contributed by atoms with Gasteiger partial charge in [-0.1, -0.05) is 12.2 Å². The summed E-state index contributed by atoms with van der Waals surface area (Å²) in [4.78, 5) is 0.128. The summed E-state index contributed by atoms with van der Waals surface area (Å²) in [5.74, 6) is -0.0852. The van der Waals surface area contributed by atoms with E-state index in [4.69, 9.17) is 10.5 Å². The maximum Gasteiger partial charge on any atom is 0.214 e. The lowest BCUT2D eigenvalue weighted by Crippen LogP contribution is -2.42. The van der Waals surface area contributed by atoms with Crippen LogP contribution in [0.4, 0.5) is 0 Å². The Bertz CT molecular complexity index is 301. The van der Waals surface area contributed by atoms with E-state index in [0.29, 0.717) is 0 Å². The monoisotopic (exact) mass is 254 g/mol. The second-order valence-electron chi connectivity index (χ2n) is 3.48. The van der Waals surface area contributed by atoms with Crippen molar-refractivity contribution in [2.45, 2.75) is 32.9 Å². The number of hydrogen-bond acceptors (Lipinski definition) is 4. The molecule has 5 nitrogen and oxygen atoms in total. The van der Waals surface area contributed by atoms with Gasteiger partial charge in [0, 0.05) is 0 Å². The predicted molar refractivity (Wildman–Crippen MR) is 64.3 cm³/mol. The molecule has 15 heavy (non-hydrogen) atoms. The molecule has 0 aromatic heterocycles. The van der Waals surface area contributed by atoms with Crippen LogP contribution in [0.25, 0.3) is 0 Å². The van der Waals surface area contributed by atoms with Gasteiger partial charge in [0.25, 0.3) is 0 Å². The maximum absolute atomic E-state index is 11.4. The van der Waals surface area contributed by atoms with Crippen molar-refractivity contribution in [1.82, 2.24) is 4.72 Å². The van der Waals surface area contributed by atoms with E-state index in [0.717, 1.165) is 0 Å². The van der Waals surface area contributed by atoms with E-state index < -0.39 is 16.1 Å². The average molecular weight is 254 g/mol. The quantitative estimate of drug-likeness (QED) is 0.625. The highest BCUT2D eigenvalue weighted by Gasteiger charge is 2.15. The summed E-state index contributed by atoms with van der Waals surface area (Å²) in [5.41, 5.74) is 5.29. The van der Waals surface area contributed by atoms with Crippen molar-refractivity contribution in [2.24, 2.45) is 5.73 Å². The molecule has 1 atom stereocenters. The Kier molecular flexibility index (Phi) is 6.26. The van der Waals surface area contributed by atoms with Crippen molar-refractivity contribution < 1.29 is 13.2 Å². The van der Waals surface area contributed by atoms with Crippen LogP contribution in [0.5, 0.6) is 0 Å². The van der Waals surface area contributed by atoms with Crippen molar-refractivity contribution in [3.63, 3.8) is 0 Å². The van der Waals surface area contributed by atoms with Crippen LogP contribution in [0.1, 0.15) is 20.8 Å². The molecule has 0 aliphatic carbocycles. The Balaban J connectivity index is 4.03. The molecule has 3 N–H and O–H groups in total. The summed E-state index contributed by atoms with van der Waals surface area (Å²) < 4.78 is 30.3. The molecule has 0 aromatic rings. The van der Waals surface area contributed by atoms with Crippen LogP contribution in [0.15, 0.2) is 0 Å². The lowest BCUT2D eigenvalue weighted by Gasteiger charge is -2.13. The molecule has 0 radical (unpaired) electrons. The van der Waals surface area contributed by atoms with Gasteiger partial charge in [-0.25, -0.2) is 13.1 Å². The first-order chi connectivity index (χ1) is 6.74. The first-order valence-electron chi connectivity index (χ1n) is 4.65. The van der Waals surface area contributed by atoms with Gasteiger partial charge in [-0.05, 0) is 20.8 Å². The van der Waals surface area contributed by atoms with Gasteiger partial charge in [-0.2, -0.15) is 0 Å². The molecule has 0 fully saturated rings. The molecule has 1 unspecified atom stereocenters. The molecular weight excluding hydrogens is 236 g/mol. The summed E-state index contributed by atoms with van der Waals surface area (Å²) in [6, 6.07) is -0.524. The zero-order chi connectivity index (χ0) is 12.1. The standard InChI is InChI=1S/C8H18N2O3S2/c1-6(2)13-4-5-15(11,12)10-7(3)8(9)14/h6-7,10H,4-5H2,1-3H3,(H2,9,14). The number of rotatable bonds is 7. The van der Waals surface area contributed by atoms with Gasteiger partial charge in [0.2, 0.25) is 10.0 Å². The molecule has 0 saturated heterocycles. The summed E-state index contributed by atoms with van der Waals surface area (Å²) >= 11 is 4.66. The summed E-state index contributed by atoms with van der Waals surface area (Å²) in [5, 5.41) is 0. The van der Waals surface area contributed by atoms with Gasteiger partial charge in [0.15, 0.2) is 0 Å². The second-order valence-corrected chi connectivity index (χ2v) is 5.83. The van der Waals surface area contributed by atoms with Crippen LogP contribution in [0.2, 0.25) is 0 Å². The summed E-state index contributed by atoms with van der Waals surface area (Å²) in [7, 11) is -3.36. The van der Waals surface area contributed by atoms with Crippen molar-refractivity contribution >= 4 is 27.2 Å². The van der Waals surface area contributed by atoms with Crippen LogP contribution in [0.3, 0.4) is 0 Å². The minimum absolute atomic E-state index is 0.0215. The zero-order valence-corrected chi connectivity index (χ0v) is 10.8. The molecule has 0 aliphatic heterocycles. The predicted octanol–water partition coefficient (Wildman–Crippen LogP) is 0.00540. The highest BCUT2D eigenvalue weighted by molar-refractivity contribution is 7.89. The third kappa shape index (κ3) is 7.66. The van der Waals surface area contributed by atoms with Gasteiger partial charge in [-0.15, -0.1) is 0 Å². The van der Waals surface area contributed by atoms with E-state index >= 15 is 0 Å². The van der Waals surface area contributed by atoms with E-state index in [9.17, 15) is 8.42 Å². The molecule has 7 heteroatoms. The van der Waals surface area contributed by atoms with E-state index in [1.165, 1.54) is 0 Å². The molecule has 0 aromatic carbocycles. The molecule has 0 saturated carbocycles. The smallest absolute Gasteiger partial charge is 0.214 e. The Morgan fingerprint density at radius 1 is 1.47 bits per heavy atom. The minimum Gasteiger partial charge on any atom is -0.392 e. The van der Waals surface area contributed by atoms with Crippen LogP contribution in [-0.2, 0) is 14.8 Å². The van der Waals surface area contributed by atoms with E-state index in [2.05, 4.69) is 16.9 Å². The van der Waals surface area contributed by atoms with Crippen molar-refractivity contribution in [3.8, 4) is 0 Å². The molecule has 0 aliphatic rings. The summed E-state index contributed by atoms with van der Waals surface area (Å²) in [6.07, 6.45) is 0.0215. The average Bonchev–Trinajstić information content (AvgIpc) is 2.01. The number of thiocarbonyl (C=S) groups is 1. The summed E-state index contributed by atoms with van der Waals surface area (Å²) in [6.45, 7) is 5.45. The van der Waals surface area contributed by atoms with Crippen molar-refractivity contribution in [1.29, 1.82) is 0 Å². The Morgan fingerprint density at radius 2 is 2.00 bits per heavy atom. The first kappa shape index (κ1) is 14.8. The number of nitrogens with one attached hydrogen (secondary N) is 1. The topological polar surface area (TPSA) is 81.4 Å². The molecule has 0 bridgehead atoms. The second kappa shape index (κ2) is 6.37. The van der Waals surface area contributed by atoms with Crippen LogP contribution < -0.4 is 10.5 Å². The first-order valence-corrected chi connectivity index (χ1v) is 6.71. The third-order valence-corrected chi connectivity index (χ3v) is 3.36. The molecule has 0 rings (SSSR count). The number of ether oxygens (including phenoxy) is 1. The number of hydrogen-bond donors (Lipinski definition) is 2. The molecule has 0 amide bonds. The highest BCUT2D eigenvalue weighted by atomic mass is 32.2. The lowest BCUT2D eigenvalue weighted by molar-refractivity contribution is 0.0911. The normalized spacial score (nSPS) is 14.1. The van der Waals surface area contributed by atoms with Crippen LogP contribution in [0, 0.1) is 0 Å². The van der Waals surface area contributed by atoms with Gasteiger partial charge < -0.3 is 10.5 Å². The van der Waals surface area contributed by atoms with Crippen molar-refractivity contribution in [3.05, 3.63) is 0 Å². The molecule has 0 spiro atoms. The van der Waals surface area contributed by atoms with Gasteiger partial charge in [-0.3, -0.25) is 0 Å². The molecular formula is C8H18N2O3S2. The lowest BCUT2D eigenvalue weighted by atomic mass is 10.4. The maximum atomic E-state index is 11.4. The molecule has 90 valence electrons. The van der Waals surface area contributed by atoms with Gasteiger partial charge in [0.05, 0.1) is 29.5 Å². The zero-order valence-electron chi connectivity index (χ0n) is 9.19. The van der Waals surface area contributed by atoms with Crippen molar-refractivity contribution in [2.75, 3.05) is 12.4 Å². The van der Waals surface area contributed by atoms with E-state index in [-0.39, 0.29) is 23.5 Å². The van der Waals surface area contributed by atoms with Crippen LogP contribution in [-0.4, -0.2) is 37.9 Å². The van der Waals surface area contributed by atoms with E-state index in [1.54, 1.807) is 6.92 Å². The Labute approximate surface area is 96.4 Å². The SMILES string of the molecule is CC(C)OCCS(=O)(=O)NC(C)C(N)=S. The van der Waals surface area contributed by atoms with Gasteiger partial charge >= 0.3 is 0 Å². The largest absolute Gasteiger partial charge is 0.392 e. The Morgan fingerprint density at radius 3 is 2.40 bits per heavy atom. The minimum atomic E-state index is -3.36. The number of nitrogens with two attached hydrogens (primary N) is 1. The Hall–Kier alpha value is -0.240. The van der Waals surface area contributed by atoms with E-state index in [1.807, 2.05) is 13.8 Å². The van der Waals surface area contributed by atoms with Gasteiger partial charge in [0.1, 0.15) is 0 Å².